The van der Waals surface area contributed by atoms with Gasteiger partial charge >= 0.3 is 6.03 Å². The number of aryl methyl sites for hydroxylation is 2. The Bertz CT molecular complexity index is 972. The Labute approximate surface area is 170 Å². The van der Waals surface area contributed by atoms with Crippen molar-refractivity contribution in [1.29, 1.82) is 0 Å². The van der Waals surface area contributed by atoms with E-state index in [4.69, 9.17) is 4.74 Å². The van der Waals surface area contributed by atoms with Gasteiger partial charge in [0.2, 0.25) is 5.91 Å². The number of nitrogens with one attached hydrogen (secondary N) is 2. The lowest BCUT2D eigenvalue weighted by atomic mass is 9.86. The van der Waals surface area contributed by atoms with Crippen LogP contribution in [0.4, 0.5) is 10.5 Å². The van der Waals surface area contributed by atoms with Crippen molar-refractivity contribution in [2.24, 2.45) is 0 Å². The van der Waals surface area contributed by atoms with Crippen LogP contribution >= 0.6 is 0 Å². The summed E-state index contributed by atoms with van der Waals surface area (Å²) in [6.45, 7) is 5.22. The van der Waals surface area contributed by atoms with Crippen LogP contribution in [-0.4, -0.2) is 36.4 Å². The number of hydrogen-bond donors (Lipinski definition) is 2. The highest BCUT2D eigenvalue weighted by Crippen LogP contribution is 2.34. The minimum Gasteiger partial charge on any atom is -0.496 e. The molecule has 0 radical (unpaired) electrons. The quantitative estimate of drug-likeness (QED) is 0.736. The second-order valence-corrected chi connectivity index (χ2v) is 7.13. The summed E-state index contributed by atoms with van der Waals surface area (Å²) in [6.07, 6.45) is 0.360. The Morgan fingerprint density at radius 1 is 1.14 bits per heavy atom. The summed E-state index contributed by atoms with van der Waals surface area (Å²) in [5, 5.41) is 5.55. The SMILES string of the molecule is CCC1(c2ccc(OC)c(C)c2)NC(=O)N(CC(=O)Nc2ccccc2C)C1=O. The van der Waals surface area contributed by atoms with E-state index in [-0.39, 0.29) is 6.54 Å². The van der Waals surface area contributed by atoms with Crippen LogP contribution in [0.25, 0.3) is 0 Å². The number of amides is 4. The molecule has 7 nitrogen and oxygen atoms in total. The fraction of sp³-hybridized carbons (Fsp3) is 0.318. The van der Waals surface area contributed by atoms with Crippen LogP contribution < -0.4 is 15.4 Å². The van der Waals surface area contributed by atoms with Crippen molar-refractivity contribution >= 4 is 23.5 Å². The first-order valence-electron chi connectivity index (χ1n) is 9.47. The Morgan fingerprint density at radius 2 is 1.86 bits per heavy atom. The number of hydrogen-bond acceptors (Lipinski definition) is 4. The molecule has 2 N–H and O–H groups in total. The molecule has 1 fully saturated rings. The summed E-state index contributed by atoms with van der Waals surface area (Å²) in [6, 6.07) is 12.1. The molecule has 1 saturated heterocycles. The third-order valence-corrected chi connectivity index (χ3v) is 5.31. The molecule has 1 aliphatic rings. The molecule has 3 rings (SSSR count). The van der Waals surface area contributed by atoms with E-state index in [0.29, 0.717) is 23.4 Å². The van der Waals surface area contributed by atoms with Gasteiger partial charge in [0.25, 0.3) is 5.91 Å². The molecule has 1 atom stereocenters. The van der Waals surface area contributed by atoms with Crippen molar-refractivity contribution in [3.63, 3.8) is 0 Å². The average Bonchev–Trinajstić information content (AvgIpc) is 2.94. The summed E-state index contributed by atoms with van der Waals surface area (Å²) in [4.78, 5) is 39.3. The van der Waals surface area contributed by atoms with Crippen molar-refractivity contribution in [3.8, 4) is 5.75 Å². The van der Waals surface area contributed by atoms with Gasteiger partial charge in [0, 0.05) is 5.69 Å². The largest absolute Gasteiger partial charge is 0.496 e. The van der Waals surface area contributed by atoms with Crippen molar-refractivity contribution < 1.29 is 19.1 Å². The minimum absolute atomic E-state index is 0.351. The number of benzene rings is 2. The first kappa shape index (κ1) is 20.4. The van der Waals surface area contributed by atoms with E-state index < -0.39 is 23.4 Å². The fourth-order valence-corrected chi connectivity index (χ4v) is 3.60. The van der Waals surface area contributed by atoms with E-state index >= 15 is 0 Å². The number of imide groups is 1. The fourth-order valence-electron chi connectivity index (χ4n) is 3.60. The molecule has 4 amide bonds. The maximum Gasteiger partial charge on any atom is 0.325 e. The van der Waals surface area contributed by atoms with Crippen LogP contribution in [0.15, 0.2) is 42.5 Å². The van der Waals surface area contributed by atoms with Crippen molar-refractivity contribution in [3.05, 3.63) is 59.2 Å². The lowest BCUT2D eigenvalue weighted by Gasteiger charge is -2.26. The normalized spacial score (nSPS) is 18.6. The maximum atomic E-state index is 13.2. The second kappa shape index (κ2) is 7.95. The van der Waals surface area contributed by atoms with Crippen molar-refractivity contribution in [2.75, 3.05) is 19.0 Å². The number of carbonyl (C=O) groups is 3. The molecule has 0 bridgehead atoms. The van der Waals surface area contributed by atoms with Crippen LogP contribution in [0.3, 0.4) is 0 Å². The number of carbonyl (C=O) groups excluding carboxylic acids is 3. The number of methoxy groups -OCH3 is 1. The minimum atomic E-state index is -1.20. The Morgan fingerprint density at radius 3 is 2.48 bits per heavy atom. The third kappa shape index (κ3) is 3.68. The molecule has 1 aliphatic heterocycles. The molecule has 0 spiro atoms. The van der Waals surface area contributed by atoms with Gasteiger partial charge in [0.15, 0.2) is 0 Å². The summed E-state index contributed by atoms with van der Waals surface area (Å²) in [5.41, 5.74) is 1.87. The Balaban J connectivity index is 1.83. The molecular formula is C22H25N3O4. The van der Waals surface area contributed by atoms with E-state index in [1.54, 1.807) is 25.3 Å². The molecule has 0 aromatic heterocycles. The highest BCUT2D eigenvalue weighted by molar-refractivity contribution is 6.10. The van der Waals surface area contributed by atoms with Gasteiger partial charge in [-0.25, -0.2) is 4.79 Å². The zero-order valence-electron chi connectivity index (χ0n) is 17.0. The summed E-state index contributed by atoms with van der Waals surface area (Å²) in [7, 11) is 1.58. The molecular weight excluding hydrogens is 370 g/mol. The van der Waals surface area contributed by atoms with Gasteiger partial charge < -0.3 is 15.4 Å². The molecule has 29 heavy (non-hydrogen) atoms. The standard InChI is InChI=1S/C22H25N3O4/c1-5-22(16-10-11-18(29-4)15(3)12-16)20(27)25(21(28)24-22)13-19(26)23-17-9-7-6-8-14(17)2/h6-12H,5,13H2,1-4H3,(H,23,26)(H,24,28). The molecule has 2 aromatic rings. The van der Waals surface area contributed by atoms with Crippen LogP contribution in [0.1, 0.15) is 30.0 Å². The summed E-state index contributed by atoms with van der Waals surface area (Å²) < 4.78 is 5.28. The number of anilines is 1. The molecule has 1 heterocycles. The number of para-hydroxylation sites is 1. The zero-order valence-corrected chi connectivity index (χ0v) is 17.0. The van der Waals surface area contributed by atoms with E-state index in [9.17, 15) is 14.4 Å². The average molecular weight is 395 g/mol. The van der Waals surface area contributed by atoms with Crippen molar-refractivity contribution in [2.45, 2.75) is 32.7 Å². The number of urea groups is 1. The van der Waals surface area contributed by atoms with Crippen molar-refractivity contribution in [1.82, 2.24) is 10.2 Å². The number of rotatable bonds is 6. The van der Waals surface area contributed by atoms with E-state index in [1.165, 1.54) is 0 Å². The van der Waals surface area contributed by atoms with Gasteiger partial charge in [0.05, 0.1) is 7.11 Å². The summed E-state index contributed by atoms with van der Waals surface area (Å²) >= 11 is 0. The van der Waals surface area contributed by atoms with Gasteiger partial charge in [-0.05, 0) is 55.2 Å². The summed E-state index contributed by atoms with van der Waals surface area (Å²) in [5.74, 6) is -0.165. The first-order valence-corrected chi connectivity index (χ1v) is 9.47. The highest BCUT2D eigenvalue weighted by Gasteiger charge is 2.51. The van der Waals surface area contributed by atoms with E-state index in [1.807, 2.05) is 45.0 Å². The molecule has 1 unspecified atom stereocenters. The van der Waals surface area contributed by atoms with Gasteiger partial charge in [0.1, 0.15) is 17.8 Å². The molecule has 152 valence electrons. The zero-order chi connectivity index (χ0) is 21.2. The molecule has 0 saturated carbocycles. The smallest absolute Gasteiger partial charge is 0.325 e. The van der Waals surface area contributed by atoms with Crippen LogP contribution in [0.2, 0.25) is 0 Å². The predicted octanol–water partition coefficient (Wildman–Crippen LogP) is 3.11. The molecule has 0 aliphatic carbocycles. The number of nitrogens with zero attached hydrogens (tertiary/aromatic N) is 1. The Kier molecular flexibility index (Phi) is 5.59. The van der Waals surface area contributed by atoms with Gasteiger partial charge in [-0.2, -0.15) is 0 Å². The van der Waals surface area contributed by atoms with E-state index in [2.05, 4.69) is 10.6 Å². The molecule has 2 aromatic carbocycles. The Hall–Kier alpha value is -3.35. The van der Waals surface area contributed by atoms with Crippen LogP contribution in [-0.2, 0) is 15.1 Å². The van der Waals surface area contributed by atoms with Gasteiger partial charge in [-0.3, -0.25) is 14.5 Å². The topological polar surface area (TPSA) is 87.7 Å². The first-order chi connectivity index (χ1) is 13.8. The van der Waals surface area contributed by atoms with E-state index in [0.717, 1.165) is 16.0 Å². The van der Waals surface area contributed by atoms with Gasteiger partial charge in [-0.15, -0.1) is 0 Å². The predicted molar refractivity (Wildman–Crippen MR) is 110 cm³/mol. The monoisotopic (exact) mass is 395 g/mol. The van der Waals surface area contributed by atoms with Crippen LogP contribution in [0, 0.1) is 13.8 Å². The maximum absolute atomic E-state index is 13.2. The highest BCUT2D eigenvalue weighted by atomic mass is 16.5. The molecule has 7 heteroatoms. The lowest BCUT2D eigenvalue weighted by Crippen LogP contribution is -2.44. The van der Waals surface area contributed by atoms with Gasteiger partial charge in [-0.1, -0.05) is 31.2 Å². The third-order valence-electron chi connectivity index (χ3n) is 5.31. The number of ether oxygens (including phenoxy) is 1. The lowest BCUT2D eigenvalue weighted by molar-refractivity contribution is -0.134. The van der Waals surface area contributed by atoms with Crippen LogP contribution in [0.5, 0.6) is 5.75 Å². The second-order valence-electron chi connectivity index (χ2n) is 7.13.